The Morgan fingerprint density at radius 1 is 1.08 bits per heavy atom. The standard InChI is InChI=1S/C26H29N3O9/c1-24-9-12-3-4-13(28-23(36)29-5-7-38-8-6-29)18(31)15(12)19(32)17(24)21(34)26(37)20(33)16(22(27)35)14(30)10-25(26,2)11-24/h3-4,31-33,37H,5-11H2,1-2H3,(H2,27,35)(H,28,36)/t24-,25+,26+/m0/s1. The summed E-state index contributed by atoms with van der Waals surface area (Å²) in [4.78, 5) is 52.7. The third kappa shape index (κ3) is 3.36. The molecule has 0 radical (unpaired) electrons. The molecule has 1 saturated heterocycles. The number of carbonyl (C=O) groups is 4. The van der Waals surface area contributed by atoms with E-state index in [0.717, 1.165) is 0 Å². The van der Waals surface area contributed by atoms with E-state index in [-0.39, 0.29) is 29.7 Å². The van der Waals surface area contributed by atoms with Crippen molar-refractivity contribution in [1.29, 1.82) is 0 Å². The first-order valence-corrected chi connectivity index (χ1v) is 12.2. The minimum atomic E-state index is -2.70. The number of benzene rings is 1. The van der Waals surface area contributed by atoms with Crippen molar-refractivity contribution in [2.24, 2.45) is 16.6 Å². The minimum Gasteiger partial charge on any atom is -0.508 e. The number of urea groups is 1. The molecule has 1 aromatic carbocycles. The number of carbonyl (C=O) groups excluding carboxylic acids is 4. The number of phenols is 1. The molecule has 1 saturated carbocycles. The zero-order valence-corrected chi connectivity index (χ0v) is 21.0. The Morgan fingerprint density at radius 3 is 2.37 bits per heavy atom. The molecule has 2 fully saturated rings. The lowest BCUT2D eigenvalue weighted by atomic mass is 9.47. The number of amides is 3. The molecule has 12 nitrogen and oxygen atoms in total. The molecule has 7 N–H and O–H groups in total. The topological polar surface area (TPSA) is 200 Å². The zero-order valence-electron chi connectivity index (χ0n) is 21.0. The number of morpholine rings is 1. The molecular formula is C26H29N3O9. The SMILES string of the molecule is C[C@@]12Cc3ccc(NC(=O)N4CCOCC4)c(O)c3C(O)=C1C(=O)[C@]1(O)C(O)=C(C(N)=O)C(=O)C[C@]1(C)C2. The molecular weight excluding hydrogens is 498 g/mol. The fourth-order valence-corrected chi connectivity index (χ4v) is 6.60. The van der Waals surface area contributed by atoms with Crippen LogP contribution in [0.2, 0.25) is 0 Å². The van der Waals surface area contributed by atoms with Crippen molar-refractivity contribution in [1.82, 2.24) is 4.90 Å². The molecule has 3 aliphatic carbocycles. The van der Waals surface area contributed by atoms with E-state index in [2.05, 4.69) is 5.32 Å². The predicted octanol–water partition coefficient (Wildman–Crippen LogP) is 1.07. The quantitative estimate of drug-likeness (QED) is 0.240. The van der Waals surface area contributed by atoms with Crippen LogP contribution in [0.3, 0.4) is 0 Å². The number of rotatable bonds is 2. The van der Waals surface area contributed by atoms with Crippen LogP contribution in [0, 0.1) is 10.8 Å². The number of nitrogens with zero attached hydrogens (tertiary/aromatic N) is 1. The first-order chi connectivity index (χ1) is 17.7. The van der Waals surface area contributed by atoms with Gasteiger partial charge in [0.25, 0.3) is 5.91 Å². The monoisotopic (exact) mass is 527 g/mol. The number of ether oxygens (including phenoxy) is 1. The largest absolute Gasteiger partial charge is 0.508 e. The van der Waals surface area contributed by atoms with Gasteiger partial charge in [0, 0.05) is 35.9 Å². The van der Waals surface area contributed by atoms with E-state index in [1.807, 2.05) is 0 Å². The number of anilines is 1. The normalized spacial score (nSPS) is 31.0. The Kier molecular flexibility index (Phi) is 5.62. The summed E-state index contributed by atoms with van der Waals surface area (Å²) in [5, 5.41) is 47.5. The minimum absolute atomic E-state index is 0.00447. The van der Waals surface area contributed by atoms with E-state index in [1.165, 1.54) is 17.9 Å². The number of aromatic hydroxyl groups is 1. The number of Topliss-reactive ketones (excluding diaryl/α,β-unsaturated/α-hetero) is 2. The molecule has 5 rings (SSSR count). The Hall–Kier alpha value is -3.90. The number of phenolic OH excluding ortho intramolecular Hbond substituents is 1. The predicted molar refractivity (Wildman–Crippen MR) is 132 cm³/mol. The lowest BCUT2D eigenvalue weighted by molar-refractivity contribution is -0.165. The molecule has 1 aromatic rings. The van der Waals surface area contributed by atoms with Crippen LogP contribution in [0.4, 0.5) is 10.5 Å². The van der Waals surface area contributed by atoms with Crippen LogP contribution in [0.25, 0.3) is 5.76 Å². The van der Waals surface area contributed by atoms with Gasteiger partial charge in [0.1, 0.15) is 22.8 Å². The van der Waals surface area contributed by atoms with Crippen LogP contribution in [-0.4, -0.2) is 80.7 Å². The summed E-state index contributed by atoms with van der Waals surface area (Å²) in [6.45, 7) is 4.64. The number of hydrogen-bond donors (Lipinski definition) is 6. The Labute approximate surface area is 217 Å². The summed E-state index contributed by atoms with van der Waals surface area (Å²) in [6.07, 6.45) is -0.295. The van der Waals surface area contributed by atoms with Gasteiger partial charge in [0.05, 0.1) is 24.5 Å². The summed E-state index contributed by atoms with van der Waals surface area (Å²) in [5.74, 6) is -5.40. The second-order valence-corrected chi connectivity index (χ2v) is 11.0. The second-order valence-electron chi connectivity index (χ2n) is 11.0. The van der Waals surface area contributed by atoms with Crippen molar-refractivity contribution in [2.75, 3.05) is 31.6 Å². The Balaban J connectivity index is 1.62. The molecule has 0 unspecified atom stereocenters. The number of primary amides is 1. The number of hydrogen-bond acceptors (Lipinski definition) is 9. The number of fused-ring (bicyclic) bond motifs is 3. The van der Waals surface area contributed by atoms with Gasteiger partial charge in [-0.2, -0.15) is 0 Å². The molecule has 0 aromatic heterocycles. The lowest BCUT2D eigenvalue weighted by Gasteiger charge is -2.56. The third-order valence-electron chi connectivity index (χ3n) is 8.33. The fourth-order valence-electron chi connectivity index (χ4n) is 6.60. The van der Waals surface area contributed by atoms with E-state index in [9.17, 15) is 39.6 Å². The Morgan fingerprint density at radius 2 is 1.74 bits per heavy atom. The van der Waals surface area contributed by atoms with Gasteiger partial charge < -0.3 is 41.1 Å². The van der Waals surface area contributed by atoms with E-state index in [1.54, 1.807) is 13.0 Å². The molecule has 202 valence electrons. The van der Waals surface area contributed by atoms with Gasteiger partial charge in [0.2, 0.25) is 5.78 Å². The van der Waals surface area contributed by atoms with Crippen LogP contribution in [0.15, 0.2) is 29.0 Å². The number of aliphatic hydroxyl groups excluding tert-OH is 2. The van der Waals surface area contributed by atoms with Gasteiger partial charge in [-0.25, -0.2) is 4.79 Å². The molecule has 0 spiro atoms. The second kappa shape index (κ2) is 8.30. The zero-order chi connectivity index (χ0) is 27.8. The average molecular weight is 528 g/mol. The summed E-state index contributed by atoms with van der Waals surface area (Å²) in [6, 6.07) is 2.63. The third-order valence-corrected chi connectivity index (χ3v) is 8.33. The van der Waals surface area contributed by atoms with Crippen molar-refractivity contribution in [2.45, 2.75) is 38.7 Å². The highest BCUT2D eigenvalue weighted by Gasteiger charge is 2.68. The number of ketones is 2. The van der Waals surface area contributed by atoms with Gasteiger partial charge in [-0.15, -0.1) is 0 Å². The van der Waals surface area contributed by atoms with Crippen molar-refractivity contribution >= 4 is 35.0 Å². The molecule has 3 atom stereocenters. The first kappa shape index (κ1) is 25.7. The molecule has 1 aliphatic heterocycles. The van der Waals surface area contributed by atoms with E-state index in [0.29, 0.717) is 31.9 Å². The van der Waals surface area contributed by atoms with Gasteiger partial charge >= 0.3 is 6.03 Å². The van der Waals surface area contributed by atoms with Crippen molar-refractivity contribution in [3.8, 4) is 5.75 Å². The lowest BCUT2D eigenvalue weighted by Crippen LogP contribution is -2.65. The molecule has 12 heteroatoms. The van der Waals surface area contributed by atoms with Crippen LogP contribution in [0.1, 0.15) is 37.8 Å². The van der Waals surface area contributed by atoms with Gasteiger partial charge in [-0.3, -0.25) is 14.4 Å². The summed E-state index contributed by atoms with van der Waals surface area (Å²) in [7, 11) is 0. The van der Waals surface area contributed by atoms with Crippen molar-refractivity contribution in [3.63, 3.8) is 0 Å². The summed E-state index contributed by atoms with van der Waals surface area (Å²) >= 11 is 0. The van der Waals surface area contributed by atoms with Crippen LogP contribution in [0.5, 0.6) is 5.75 Å². The summed E-state index contributed by atoms with van der Waals surface area (Å²) < 4.78 is 5.24. The Bertz CT molecular complexity index is 1380. The van der Waals surface area contributed by atoms with E-state index in [4.69, 9.17) is 10.5 Å². The smallest absolute Gasteiger partial charge is 0.322 e. The van der Waals surface area contributed by atoms with Crippen LogP contribution >= 0.6 is 0 Å². The van der Waals surface area contributed by atoms with Crippen LogP contribution < -0.4 is 11.1 Å². The maximum Gasteiger partial charge on any atom is 0.322 e. The first-order valence-electron chi connectivity index (χ1n) is 12.2. The molecule has 0 bridgehead atoms. The van der Waals surface area contributed by atoms with Crippen LogP contribution in [-0.2, 0) is 25.5 Å². The number of aliphatic hydroxyl groups is 3. The molecule has 38 heavy (non-hydrogen) atoms. The summed E-state index contributed by atoms with van der Waals surface area (Å²) in [5.41, 5.74) is -0.768. The van der Waals surface area contributed by atoms with Gasteiger partial charge in [-0.05, 0) is 24.5 Å². The highest BCUT2D eigenvalue weighted by molar-refractivity contribution is 6.23. The number of nitrogens with two attached hydrogens (primary N) is 1. The van der Waals surface area contributed by atoms with Crippen molar-refractivity contribution < 1.29 is 44.3 Å². The van der Waals surface area contributed by atoms with Gasteiger partial charge in [0.15, 0.2) is 11.4 Å². The fraction of sp³-hybridized carbons (Fsp3) is 0.462. The maximum atomic E-state index is 13.9. The number of nitrogens with one attached hydrogen (secondary N) is 1. The highest BCUT2D eigenvalue weighted by atomic mass is 16.5. The maximum absolute atomic E-state index is 13.9. The van der Waals surface area contributed by atoms with Gasteiger partial charge in [-0.1, -0.05) is 19.9 Å². The average Bonchev–Trinajstić information content (AvgIpc) is 2.83. The van der Waals surface area contributed by atoms with E-state index >= 15 is 0 Å². The highest BCUT2D eigenvalue weighted by Crippen LogP contribution is 2.62. The molecule has 4 aliphatic rings. The molecule has 1 heterocycles. The van der Waals surface area contributed by atoms with E-state index < -0.39 is 69.2 Å². The molecule has 3 amide bonds. The van der Waals surface area contributed by atoms with Crippen molar-refractivity contribution in [3.05, 3.63) is 40.2 Å².